The van der Waals surface area contributed by atoms with E-state index >= 15 is 0 Å². The molecule has 1 aliphatic carbocycles. The number of aryl methyl sites for hydroxylation is 1. The maximum atomic E-state index is 12.9. The molecule has 4 heteroatoms. The molecule has 1 heterocycles. The highest BCUT2D eigenvalue weighted by atomic mass is 16.7. The Morgan fingerprint density at radius 3 is 2.46 bits per heavy atom. The highest BCUT2D eigenvalue weighted by Gasteiger charge is 2.47. The zero-order valence-electron chi connectivity index (χ0n) is 14.2. The van der Waals surface area contributed by atoms with Crippen molar-refractivity contribution < 1.29 is 14.4 Å². The predicted octanol–water partition coefficient (Wildman–Crippen LogP) is 3.57. The molecule has 0 aromatic heterocycles. The second kappa shape index (κ2) is 4.77. The van der Waals surface area contributed by atoms with Crippen LogP contribution in [0, 0.1) is 12.3 Å². The van der Waals surface area contributed by atoms with Gasteiger partial charge in [-0.15, -0.1) is 0 Å². The zero-order chi connectivity index (χ0) is 17.2. The van der Waals surface area contributed by atoms with E-state index < -0.39 is 17.0 Å². The van der Waals surface area contributed by atoms with Crippen molar-refractivity contribution in [3.8, 4) is 0 Å². The van der Waals surface area contributed by atoms with Crippen LogP contribution >= 0.6 is 0 Å². The molecule has 24 heavy (non-hydrogen) atoms. The van der Waals surface area contributed by atoms with Crippen LogP contribution in [0.3, 0.4) is 0 Å². The summed E-state index contributed by atoms with van der Waals surface area (Å²) in [5.74, 6) is -0.401. The standard InChI is InChI=1S/C20H19NO3/c1-10-9-14-15(13-8-6-5-7-12(10)13)17(22)18(23)16-19(14)24-21-11(2)20(16,3)4/h5-9,11,21H,1-4H3. The van der Waals surface area contributed by atoms with Crippen molar-refractivity contribution in [2.24, 2.45) is 5.41 Å². The Morgan fingerprint density at radius 2 is 1.75 bits per heavy atom. The molecule has 122 valence electrons. The molecule has 0 saturated heterocycles. The van der Waals surface area contributed by atoms with Crippen LogP contribution in [0.1, 0.15) is 42.3 Å². The van der Waals surface area contributed by atoms with Gasteiger partial charge in [-0.25, -0.2) is 0 Å². The molecule has 0 fully saturated rings. The maximum absolute atomic E-state index is 12.9. The van der Waals surface area contributed by atoms with E-state index in [9.17, 15) is 9.59 Å². The van der Waals surface area contributed by atoms with E-state index in [2.05, 4.69) is 5.48 Å². The Kier molecular flexibility index (Phi) is 3.00. The van der Waals surface area contributed by atoms with Crippen molar-refractivity contribution >= 4 is 28.1 Å². The minimum atomic E-state index is -0.489. The molecular weight excluding hydrogens is 302 g/mol. The number of hydrogen-bond acceptors (Lipinski definition) is 4. The molecule has 0 amide bonds. The van der Waals surface area contributed by atoms with Crippen LogP contribution in [0.5, 0.6) is 0 Å². The van der Waals surface area contributed by atoms with E-state index in [1.165, 1.54) is 0 Å². The molecule has 2 aromatic carbocycles. The molecule has 1 atom stereocenters. The number of rotatable bonds is 0. The molecule has 0 bridgehead atoms. The fraction of sp³-hybridized carbons (Fsp3) is 0.300. The van der Waals surface area contributed by atoms with Gasteiger partial charge < -0.3 is 4.84 Å². The molecule has 1 unspecified atom stereocenters. The third-order valence-electron chi connectivity index (χ3n) is 5.45. The Labute approximate surface area is 140 Å². The Bertz CT molecular complexity index is 953. The van der Waals surface area contributed by atoms with Crippen molar-refractivity contribution in [3.05, 3.63) is 52.6 Å². The number of Topliss-reactive ketones (excluding diaryl/α,β-unsaturated/α-hetero) is 2. The summed E-state index contributed by atoms with van der Waals surface area (Å²) < 4.78 is 0. The van der Waals surface area contributed by atoms with Gasteiger partial charge in [0.05, 0.1) is 5.57 Å². The molecule has 2 aliphatic rings. The lowest BCUT2D eigenvalue weighted by Gasteiger charge is -2.41. The first-order valence-corrected chi connectivity index (χ1v) is 8.13. The first-order chi connectivity index (χ1) is 11.3. The molecule has 4 nitrogen and oxygen atoms in total. The second-order valence-electron chi connectivity index (χ2n) is 7.19. The van der Waals surface area contributed by atoms with Crippen molar-refractivity contribution in [2.75, 3.05) is 0 Å². The lowest BCUT2D eigenvalue weighted by molar-refractivity contribution is -0.114. The van der Waals surface area contributed by atoms with Crippen LogP contribution in [0.25, 0.3) is 16.5 Å². The van der Waals surface area contributed by atoms with Crippen LogP contribution in [0.15, 0.2) is 35.9 Å². The largest absolute Gasteiger partial charge is 0.407 e. The topological polar surface area (TPSA) is 55.4 Å². The third-order valence-corrected chi connectivity index (χ3v) is 5.45. The maximum Gasteiger partial charge on any atom is 0.234 e. The normalized spacial score (nSPS) is 22.2. The van der Waals surface area contributed by atoms with Gasteiger partial charge in [-0.1, -0.05) is 38.1 Å². The quantitative estimate of drug-likeness (QED) is 0.754. The molecule has 0 radical (unpaired) electrons. The monoisotopic (exact) mass is 321 g/mol. The molecule has 0 saturated carbocycles. The molecule has 1 N–H and O–H groups in total. The van der Waals surface area contributed by atoms with E-state index in [1.807, 2.05) is 58.0 Å². The van der Waals surface area contributed by atoms with E-state index in [-0.39, 0.29) is 6.04 Å². The summed E-state index contributed by atoms with van der Waals surface area (Å²) in [6, 6.07) is 9.56. The molecule has 0 spiro atoms. The van der Waals surface area contributed by atoms with Gasteiger partial charge in [0.25, 0.3) is 0 Å². The minimum Gasteiger partial charge on any atom is -0.407 e. The number of nitrogens with one attached hydrogen (secondary N) is 1. The van der Waals surface area contributed by atoms with Crippen LogP contribution in [0.2, 0.25) is 0 Å². The van der Waals surface area contributed by atoms with Gasteiger partial charge in [0.1, 0.15) is 0 Å². The second-order valence-corrected chi connectivity index (χ2v) is 7.19. The van der Waals surface area contributed by atoms with Crippen LogP contribution in [0.4, 0.5) is 0 Å². The summed E-state index contributed by atoms with van der Waals surface area (Å²) in [5, 5.41) is 1.79. The van der Waals surface area contributed by atoms with E-state index in [0.29, 0.717) is 22.5 Å². The fourth-order valence-electron chi connectivity index (χ4n) is 3.65. The summed E-state index contributed by atoms with van der Waals surface area (Å²) in [6.45, 7) is 7.88. The molecule has 2 aromatic rings. The number of carbonyl (C=O) groups is 2. The smallest absolute Gasteiger partial charge is 0.234 e. The lowest BCUT2D eigenvalue weighted by Crippen LogP contribution is -2.49. The average Bonchev–Trinajstić information content (AvgIpc) is 2.55. The van der Waals surface area contributed by atoms with Crippen molar-refractivity contribution in [3.63, 3.8) is 0 Å². The molecule has 4 rings (SSSR count). The summed E-state index contributed by atoms with van der Waals surface area (Å²) in [4.78, 5) is 31.6. The van der Waals surface area contributed by atoms with Gasteiger partial charge in [-0.2, -0.15) is 5.48 Å². The molecule has 1 aliphatic heterocycles. The third kappa shape index (κ3) is 1.77. The summed E-state index contributed by atoms with van der Waals surface area (Å²) in [5.41, 5.74) is 5.19. The van der Waals surface area contributed by atoms with Crippen LogP contribution in [-0.2, 0) is 9.63 Å². The number of benzene rings is 2. The summed E-state index contributed by atoms with van der Waals surface area (Å²) in [7, 11) is 0. The first-order valence-electron chi connectivity index (χ1n) is 8.13. The summed E-state index contributed by atoms with van der Waals surface area (Å²) >= 11 is 0. The van der Waals surface area contributed by atoms with Gasteiger partial charge in [0.15, 0.2) is 5.76 Å². The van der Waals surface area contributed by atoms with E-state index in [4.69, 9.17) is 4.84 Å². The van der Waals surface area contributed by atoms with Gasteiger partial charge in [-0.3, -0.25) is 9.59 Å². The number of hydroxylamine groups is 1. The lowest BCUT2D eigenvalue weighted by atomic mass is 9.70. The predicted molar refractivity (Wildman–Crippen MR) is 92.4 cm³/mol. The number of hydrogen-bond donors (Lipinski definition) is 1. The van der Waals surface area contributed by atoms with Gasteiger partial charge in [0, 0.05) is 22.6 Å². The first kappa shape index (κ1) is 15.1. The van der Waals surface area contributed by atoms with Crippen LogP contribution < -0.4 is 5.48 Å². The van der Waals surface area contributed by atoms with E-state index in [0.717, 1.165) is 16.3 Å². The number of fused-ring (bicyclic) bond motifs is 4. The fourth-order valence-corrected chi connectivity index (χ4v) is 3.65. The van der Waals surface area contributed by atoms with Gasteiger partial charge in [0.2, 0.25) is 11.6 Å². The highest BCUT2D eigenvalue weighted by Crippen LogP contribution is 2.45. The minimum absolute atomic E-state index is 0.0731. The Morgan fingerprint density at radius 1 is 1.08 bits per heavy atom. The van der Waals surface area contributed by atoms with Crippen molar-refractivity contribution in [1.29, 1.82) is 0 Å². The SMILES string of the molecule is Cc1cc2c(c3ccccc13)C(=O)C(=O)C1=C2ONC(C)C1(C)C. The molecular formula is C20H19NO3. The van der Waals surface area contributed by atoms with Crippen molar-refractivity contribution in [2.45, 2.75) is 33.7 Å². The average molecular weight is 321 g/mol. The summed E-state index contributed by atoms with van der Waals surface area (Å²) in [6.07, 6.45) is 0. The van der Waals surface area contributed by atoms with Crippen molar-refractivity contribution in [1.82, 2.24) is 5.48 Å². The number of carbonyl (C=O) groups excluding carboxylic acids is 2. The highest BCUT2D eigenvalue weighted by molar-refractivity contribution is 6.54. The van der Waals surface area contributed by atoms with Gasteiger partial charge in [-0.05, 0) is 36.2 Å². The Hall–Kier alpha value is -2.46. The zero-order valence-corrected chi connectivity index (χ0v) is 14.2. The Balaban J connectivity index is 2.14. The number of ketones is 2. The van der Waals surface area contributed by atoms with Crippen LogP contribution in [-0.4, -0.2) is 17.6 Å². The van der Waals surface area contributed by atoms with Gasteiger partial charge >= 0.3 is 0 Å². The van der Waals surface area contributed by atoms with E-state index in [1.54, 1.807) is 0 Å².